The first-order valence-corrected chi connectivity index (χ1v) is 8.02. The molecule has 3 atom stereocenters. The summed E-state index contributed by atoms with van der Waals surface area (Å²) in [6.07, 6.45) is 9.38. The van der Waals surface area contributed by atoms with Gasteiger partial charge in [0, 0.05) is 12.0 Å². The second-order valence-electron chi connectivity index (χ2n) is 7.35. The Labute approximate surface area is 117 Å². The highest BCUT2D eigenvalue weighted by Gasteiger charge is 2.33. The highest BCUT2D eigenvalue weighted by Crippen LogP contribution is 2.36. The van der Waals surface area contributed by atoms with Crippen molar-refractivity contribution in [3.05, 3.63) is 0 Å². The van der Waals surface area contributed by atoms with Crippen LogP contribution in [0.4, 0.5) is 0 Å². The predicted molar refractivity (Wildman–Crippen MR) is 78.7 cm³/mol. The topological polar surface area (TPSA) is 55.1 Å². The molecule has 0 saturated heterocycles. The maximum atomic E-state index is 12.5. The molecule has 3 unspecified atom stereocenters. The van der Waals surface area contributed by atoms with Crippen LogP contribution in [0.15, 0.2) is 0 Å². The summed E-state index contributed by atoms with van der Waals surface area (Å²) < 4.78 is 0. The van der Waals surface area contributed by atoms with E-state index in [9.17, 15) is 4.79 Å². The van der Waals surface area contributed by atoms with Gasteiger partial charge in [-0.1, -0.05) is 33.1 Å². The Balaban J connectivity index is 1.89. The van der Waals surface area contributed by atoms with Gasteiger partial charge in [-0.15, -0.1) is 0 Å². The van der Waals surface area contributed by atoms with Gasteiger partial charge in [-0.2, -0.15) is 0 Å². The smallest absolute Gasteiger partial charge is 0.223 e. The molecule has 0 aliphatic heterocycles. The van der Waals surface area contributed by atoms with E-state index < -0.39 is 0 Å². The van der Waals surface area contributed by atoms with E-state index >= 15 is 0 Å². The third kappa shape index (κ3) is 3.95. The summed E-state index contributed by atoms with van der Waals surface area (Å²) in [5.41, 5.74) is 6.21. The summed E-state index contributed by atoms with van der Waals surface area (Å²) in [6.45, 7) is 5.29. The Morgan fingerprint density at radius 1 is 1.21 bits per heavy atom. The van der Waals surface area contributed by atoms with Gasteiger partial charge in [0.05, 0.1) is 0 Å². The van der Waals surface area contributed by atoms with Crippen LogP contribution in [0.3, 0.4) is 0 Å². The maximum Gasteiger partial charge on any atom is 0.223 e. The van der Waals surface area contributed by atoms with E-state index in [-0.39, 0.29) is 11.8 Å². The zero-order chi connectivity index (χ0) is 13.9. The highest BCUT2D eigenvalue weighted by molar-refractivity contribution is 5.79. The van der Waals surface area contributed by atoms with Crippen LogP contribution in [0, 0.1) is 17.3 Å². The van der Waals surface area contributed by atoms with Gasteiger partial charge in [0.15, 0.2) is 0 Å². The molecule has 3 heteroatoms. The third-order valence-electron chi connectivity index (χ3n) is 5.10. The summed E-state index contributed by atoms with van der Waals surface area (Å²) in [5, 5.41) is 3.31. The Bertz CT molecular complexity index is 314. The molecular formula is C16H30N2O. The Morgan fingerprint density at radius 2 is 1.95 bits per heavy atom. The Kier molecular flexibility index (Phi) is 4.88. The average Bonchev–Trinajstić information content (AvgIpc) is 2.37. The lowest BCUT2D eigenvalue weighted by molar-refractivity contribution is -0.128. The van der Waals surface area contributed by atoms with E-state index in [2.05, 4.69) is 19.2 Å². The van der Waals surface area contributed by atoms with Gasteiger partial charge in [-0.25, -0.2) is 0 Å². The fourth-order valence-corrected chi connectivity index (χ4v) is 3.96. The van der Waals surface area contributed by atoms with Crippen LogP contribution in [-0.2, 0) is 4.79 Å². The molecule has 2 rings (SSSR count). The maximum absolute atomic E-state index is 12.5. The number of rotatable bonds is 3. The number of amides is 1. The van der Waals surface area contributed by atoms with Crippen LogP contribution in [0.25, 0.3) is 0 Å². The zero-order valence-electron chi connectivity index (χ0n) is 12.6. The average molecular weight is 266 g/mol. The number of carbonyl (C=O) groups is 1. The molecule has 3 N–H and O–H groups in total. The molecule has 0 radical (unpaired) electrons. The number of hydrogen-bond acceptors (Lipinski definition) is 2. The first-order chi connectivity index (χ1) is 9.02. The first kappa shape index (κ1) is 14.8. The molecule has 0 aromatic heterocycles. The summed E-state index contributed by atoms with van der Waals surface area (Å²) in [4.78, 5) is 12.5. The number of hydrogen-bond donors (Lipinski definition) is 2. The summed E-state index contributed by atoms with van der Waals surface area (Å²) >= 11 is 0. The van der Waals surface area contributed by atoms with Gasteiger partial charge in [-0.05, 0) is 50.0 Å². The monoisotopic (exact) mass is 266 g/mol. The van der Waals surface area contributed by atoms with Crippen molar-refractivity contribution in [3.8, 4) is 0 Å². The van der Waals surface area contributed by atoms with Gasteiger partial charge < -0.3 is 11.1 Å². The molecule has 2 saturated carbocycles. The summed E-state index contributed by atoms with van der Waals surface area (Å²) in [7, 11) is 0. The van der Waals surface area contributed by atoms with Crippen molar-refractivity contribution >= 4 is 5.91 Å². The number of carbonyl (C=O) groups excluding carboxylic acids is 1. The van der Waals surface area contributed by atoms with Crippen LogP contribution < -0.4 is 11.1 Å². The van der Waals surface area contributed by atoms with Crippen molar-refractivity contribution in [1.29, 1.82) is 0 Å². The second kappa shape index (κ2) is 6.25. The largest absolute Gasteiger partial charge is 0.353 e. The van der Waals surface area contributed by atoms with Crippen molar-refractivity contribution < 1.29 is 4.79 Å². The Morgan fingerprint density at radius 3 is 2.63 bits per heavy atom. The van der Waals surface area contributed by atoms with E-state index in [4.69, 9.17) is 5.73 Å². The lowest BCUT2D eigenvalue weighted by Gasteiger charge is -2.37. The van der Waals surface area contributed by atoms with Crippen LogP contribution in [-0.4, -0.2) is 18.5 Å². The molecule has 0 spiro atoms. The number of nitrogens with one attached hydrogen (secondary N) is 1. The van der Waals surface area contributed by atoms with Gasteiger partial charge in [0.2, 0.25) is 5.91 Å². The van der Waals surface area contributed by atoms with Gasteiger partial charge in [-0.3, -0.25) is 4.79 Å². The van der Waals surface area contributed by atoms with Crippen molar-refractivity contribution in [1.82, 2.24) is 5.32 Å². The van der Waals surface area contributed by atoms with E-state index in [1.54, 1.807) is 0 Å². The highest BCUT2D eigenvalue weighted by atomic mass is 16.2. The summed E-state index contributed by atoms with van der Waals surface area (Å²) in [6, 6.07) is 0.386. The van der Waals surface area contributed by atoms with Crippen molar-refractivity contribution in [2.45, 2.75) is 71.3 Å². The molecule has 1 amide bonds. The minimum Gasteiger partial charge on any atom is -0.353 e. The van der Waals surface area contributed by atoms with E-state index in [0.29, 0.717) is 23.9 Å². The molecular weight excluding hydrogens is 236 g/mol. The zero-order valence-corrected chi connectivity index (χ0v) is 12.6. The SMILES string of the molecule is CC1(C)CCCC(NC(=O)C2CCCCC2CN)C1. The lowest BCUT2D eigenvalue weighted by atomic mass is 9.74. The molecule has 0 aromatic rings. The molecule has 0 heterocycles. The molecule has 2 aliphatic carbocycles. The van der Waals surface area contributed by atoms with Crippen molar-refractivity contribution in [2.24, 2.45) is 23.0 Å². The normalized spacial score (nSPS) is 34.8. The van der Waals surface area contributed by atoms with Gasteiger partial charge in [0.1, 0.15) is 0 Å². The molecule has 19 heavy (non-hydrogen) atoms. The summed E-state index contributed by atoms with van der Waals surface area (Å²) in [5.74, 6) is 0.854. The van der Waals surface area contributed by atoms with E-state index in [1.165, 1.54) is 25.7 Å². The second-order valence-corrected chi connectivity index (χ2v) is 7.35. The molecule has 0 aromatic carbocycles. The van der Waals surface area contributed by atoms with Gasteiger partial charge >= 0.3 is 0 Å². The molecule has 2 fully saturated rings. The fourth-order valence-electron chi connectivity index (χ4n) is 3.96. The fraction of sp³-hybridized carbons (Fsp3) is 0.938. The third-order valence-corrected chi connectivity index (χ3v) is 5.10. The van der Waals surface area contributed by atoms with Crippen LogP contribution in [0.2, 0.25) is 0 Å². The lowest BCUT2D eigenvalue weighted by Crippen LogP contribution is -2.46. The van der Waals surface area contributed by atoms with E-state index in [0.717, 1.165) is 25.7 Å². The minimum atomic E-state index is 0.170. The quantitative estimate of drug-likeness (QED) is 0.825. The van der Waals surface area contributed by atoms with Gasteiger partial charge in [0.25, 0.3) is 0 Å². The van der Waals surface area contributed by atoms with E-state index in [1.807, 2.05) is 0 Å². The first-order valence-electron chi connectivity index (χ1n) is 8.02. The standard InChI is InChI=1S/C16H30N2O/c1-16(2)9-5-7-13(10-16)18-15(19)14-8-4-3-6-12(14)11-17/h12-14H,3-11,17H2,1-2H3,(H,18,19). The molecule has 110 valence electrons. The molecule has 0 bridgehead atoms. The van der Waals surface area contributed by atoms with Crippen molar-refractivity contribution in [2.75, 3.05) is 6.54 Å². The van der Waals surface area contributed by atoms with Crippen molar-refractivity contribution in [3.63, 3.8) is 0 Å². The van der Waals surface area contributed by atoms with Crippen LogP contribution in [0.1, 0.15) is 65.2 Å². The molecule has 2 aliphatic rings. The minimum absolute atomic E-state index is 0.170. The van der Waals surface area contributed by atoms with Crippen LogP contribution >= 0.6 is 0 Å². The number of nitrogens with two attached hydrogens (primary N) is 1. The van der Waals surface area contributed by atoms with Crippen LogP contribution in [0.5, 0.6) is 0 Å². The predicted octanol–water partition coefficient (Wildman–Crippen LogP) is 2.84. The molecule has 3 nitrogen and oxygen atoms in total. The Hall–Kier alpha value is -0.570.